The van der Waals surface area contributed by atoms with Gasteiger partial charge in [0.15, 0.2) is 21.4 Å². The molecule has 33 heavy (non-hydrogen) atoms. The molecule has 1 amide bonds. The predicted octanol–water partition coefficient (Wildman–Crippen LogP) is 1.84. The van der Waals surface area contributed by atoms with Crippen molar-refractivity contribution < 1.29 is 22.3 Å². The molecule has 1 aliphatic heterocycles. The highest BCUT2D eigenvalue weighted by atomic mass is 32.2. The number of benzene rings is 1. The van der Waals surface area contributed by atoms with Crippen LogP contribution in [-0.2, 0) is 14.6 Å². The second kappa shape index (κ2) is 8.84. The number of carbonyl (C=O) groups excluding carboxylic acids is 1. The van der Waals surface area contributed by atoms with E-state index in [9.17, 15) is 27.7 Å². The smallest absolute Gasteiger partial charge is 0.269 e. The third kappa shape index (κ3) is 4.75. The lowest BCUT2D eigenvalue weighted by molar-refractivity contribution is -0.117. The van der Waals surface area contributed by atoms with Gasteiger partial charge in [0.05, 0.1) is 11.5 Å². The summed E-state index contributed by atoms with van der Waals surface area (Å²) in [4.78, 5) is 30.0. The molecule has 9 nitrogen and oxygen atoms in total. The van der Waals surface area contributed by atoms with Crippen LogP contribution in [0.2, 0.25) is 0 Å². The van der Waals surface area contributed by atoms with E-state index in [2.05, 4.69) is 10.3 Å². The number of hydrogen-bond donors (Lipinski definition) is 1. The topological polar surface area (TPSA) is 131 Å². The van der Waals surface area contributed by atoms with Crippen molar-refractivity contribution >= 4 is 27.5 Å². The van der Waals surface area contributed by atoms with E-state index in [0.717, 1.165) is 6.08 Å². The van der Waals surface area contributed by atoms with Gasteiger partial charge >= 0.3 is 0 Å². The van der Waals surface area contributed by atoms with E-state index in [1.54, 1.807) is 24.3 Å². The van der Waals surface area contributed by atoms with Gasteiger partial charge in [-0.3, -0.25) is 14.0 Å². The monoisotopic (exact) mass is 468 g/mol. The molecule has 1 fully saturated rings. The zero-order chi connectivity index (χ0) is 23.6. The second-order valence-electron chi connectivity index (χ2n) is 7.34. The number of ether oxygens (including phenoxy) is 1. The number of pyridine rings is 1. The number of nitrogens with one attached hydrogen (secondary N) is 1. The number of halogens is 1. The second-order valence-corrected chi connectivity index (χ2v) is 9.57. The molecule has 0 saturated carbocycles. The molecule has 4 rings (SSSR count). The van der Waals surface area contributed by atoms with Crippen molar-refractivity contribution in [3.8, 4) is 17.7 Å². The lowest BCUT2D eigenvalue weighted by atomic mass is 10.1. The summed E-state index contributed by atoms with van der Waals surface area (Å²) in [5.41, 5.74) is -1.12. The van der Waals surface area contributed by atoms with Crippen molar-refractivity contribution in [2.75, 3.05) is 11.5 Å². The van der Waals surface area contributed by atoms with E-state index in [0.29, 0.717) is 0 Å². The van der Waals surface area contributed by atoms with Crippen LogP contribution < -0.4 is 15.6 Å². The molecule has 11 heteroatoms. The van der Waals surface area contributed by atoms with E-state index in [1.807, 2.05) is 0 Å². The summed E-state index contributed by atoms with van der Waals surface area (Å²) in [6, 6.07) is 11.4. The molecule has 3 heterocycles. The molecule has 0 bridgehead atoms. The third-order valence-electron chi connectivity index (χ3n) is 5.00. The van der Waals surface area contributed by atoms with Crippen LogP contribution in [0.5, 0.6) is 11.6 Å². The van der Waals surface area contributed by atoms with E-state index < -0.39 is 38.7 Å². The van der Waals surface area contributed by atoms with Crippen molar-refractivity contribution in [3.05, 3.63) is 76.0 Å². The zero-order valence-electron chi connectivity index (χ0n) is 17.1. The van der Waals surface area contributed by atoms with Gasteiger partial charge in [-0.25, -0.2) is 12.8 Å². The van der Waals surface area contributed by atoms with Crippen molar-refractivity contribution in [2.24, 2.45) is 0 Å². The summed E-state index contributed by atoms with van der Waals surface area (Å²) < 4.78 is 44.2. The molecule has 1 aromatic carbocycles. The largest absolute Gasteiger partial charge is 0.435 e. The molecule has 1 N–H and O–H groups in total. The summed E-state index contributed by atoms with van der Waals surface area (Å²) in [6.45, 7) is 0. The molecule has 1 aliphatic rings. The van der Waals surface area contributed by atoms with Gasteiger partial charge in [0, 0.05) is 12.2 Å². The molecule has 1 atom stereocenters. The predicted molar refractivity (Wildman–Crippen MR) is 117 cm³/mol. The van der Waals surface area contributed by atoms with Crippen molar-refractivity contribution in [1.29, 1.82) is 5.26 Å². The number of carbonyl (C=O) groups is 1. The number of hydrogen-bond acceptors (Lipinski definition) is 7. The van der Waals surface area contributed by atoms with E-state index in [1.165, 1.54) is 34.9 Å². The number of para-hydroxylation sites is 1. The molecule has 0 aliphatic carbocycles. The number of nitrogens with zero attached hydrogens (tertiary/aromatic N) is 3. The number of fused-ring (bicyclic) bond motifs is 1. The van der Waals surface area contributed by atoms with E-state index in [-0.39, 0.29) is 40.8 Å². The van der Waals surface area contributed by atoms with E-state index >= 15 is 0 Å². The van der Waals surface area contributed by atoms with Crippen LogP contribution in [-0.4, -0.2) is 41.3 Å². The highest BCUT2D eigenvalue weighted by Crippen LogP contribution is 2.26. The Morgan fingerprint density at radius 1 is 1.27 bits per heavy atom. The molecule has 0 spiro atoms. The van der Waals surface area contributed by atoms with Gasteiger partial charge in [-0.1, -0.05) is 18.2 Å². The fourth-order valence-corrected chi connectivity index (χ4v) is 5.05. The number of nitriles is 1. The molecule has 1 saturated heterocycles. The first-order chi connectivity index (χ1) is 15.8. The molecular weight excluding hydrogens is 451 g/mol. The fraction of sp³-hybridized carbons (Fsp3) is 0.182. The van der Waals surface area contributed by atoms with Crippen molar-refractivity contribution in [1.82, 2.24) is 14.7 Å². The normalized spacial score (nSPS) is 17.5. The molecule has 2 aromatic heterocycles. The average molecular weight is 468 g/mol. The van der Waals surface area contributed by atoms with Crippen molar-refractivity contribution in [3.63, 3.8) is 0 Å². The van der Waals surface area contributed by atoms with Crippen LogP contribution in [0.3, 0.4) is 0 Å². The van der Waals surface area contributed by atoms with Crippen LogP contribution in [0.15, 0.2) is 59.0 Å². The minimum Gasteiger partial charge on any atom is -0.435 e. The van der Waals surface area contributed by atoms with Gasteiger partial charge in [0.25, 0.3) is 11.5 Å². The van der Waals surface area contributed by atoms with Crippen LogP contribution in [0.25, 0.3) is 11.7 Å². The lowest BCUT2D eigenvalue weighted by Crippen LogP contribution is -2.36. The average Bonchev–Trinajstić information content (AvgIpc) is 3.13. The highest BCUT2D eigenvalue weighted by molar-refractivity contribution is 7.91. The Bertz CT molecular complexity index is 1490. The number of amides is 1. The van der Waals surface area contributed by atoms with Crippen molar-refractivity contribution in [2.45, 2.75) is 12.5 Å². The Balaban J connectivity index is 1.77. The first-order valence-corrected chi connectivity index (χ1v) is 11.7. The molecule has 0 unspecified atom stereocenters. The zero-order valence-corrected chi connectivity index (χ0v) is 17.9. The van der Waals surface area contributed by atoms with Gasteiger partial charge in [0.2, 0.25) is 5.88 Å². The Morgan fingerprint density at radius 2 is 2.03 bits per heavy atom. The summed E-state index contributed by atoms with van der Waals surface area (Å²) in [5.74, 6) is -2.30. The van der Waals surface area contributed by atoms with Gasteiger partial charge in [-0.2, -0.15) is 10.2 Å². The standard InChI is InChI=1S/C22H17FN4O5S/c23-17-5-1-2-6-18(17)32-21-16(22(29)27-9-4-3-7-19(27)26-21)11-14(12-24)20(28)25-15-8-10-33(30,31)13-15/h1-7,9,11,15H,8,10,13H2,(H,25,28)/b14-11+/t15-/m1/s1. The van der Waals surface area contributed by atoms with Crippen LogP contribution >= 0.6 is 0 Å². The number of sulfone groups is 1. The highest BCUT2D eigenvalue weighted by Gasteiger charge is 2.30. The van der Waals surface area contributed by atoms with Gasteiger partial charge in [0.1, 0.15) is 22.9 Å². The molecule has 168 valence electrons. The Morgan fingerprint density at radius 3 is 2.73 bits per heavy atom. The SMILES string of the molecule is N#C/C(=C\c1c(Oc2ccccc2F)nc2ccccn2c1=O)C(=O)N[C@@H]1CCS(=O)(=O)C1. The quantitative estimate of drug-likeness (QED) is 0.447. The first kappa shape index (κ1) is 22.2. The van der Waals surface area contributed by atoms with Gasteiger partial charge in [-0.15, -0.1) is 0 Å². The Kier molecular flexibility index (Phi) is 5.93. The minimum absolute atomic E-state index is 0.0554. The Labute approximate surface area is 187 Å². The summed E-state index contributed by atoms with van der Waals surface area (Å²) in [6.07, 6.45) is 2.68. The summed E-state index contributed by atoms with van der Waals surface area (Å²) >= 11 is 0. The number of aromatic nitrogens is 2. The molecular formula is C22H17FN4O5S. The van der Waals surface area contributed by atoms with E-state index in [4.69, 9.17) is 4.74 Å². The van der Waals surface area contributed by atoms with Crippen LogP contribution in [0.4, 0.5) is 4.39 Å². The maximum atomic E-state index is 14.2. The third-order valence-corrected chi connectivity index (χ3v) is 6.77. The minimum atomic E-state index is -3.24. The molecule has 0 radical (unpaired) electrons. The molecule has 3 aromatic rings. The van der Waals surface area contributed by atoms with Crippen LogP contribution in [0.1, 0.15) is 12.0 Å². The van der Waals surface area contributed by atoms with Gasteiger partial charge in [-0.05, 0) is 36.8 Å². The summed E-state index contributed by atoms with van der Waals surface area (Å²) in [5, 5.41) is 12.0. The maximum absolute atomic E-state index is 14.2. The number of rotatable bonds is 5. The van der Waals surface area contributed by atoms with Gasteiger partial charge < -0.3 is 10.1 Å². The lowest BCUT2D eigenvalue weighted by Gasteiger charge is -2.12. The fourth-order valence-electron chi connectivity index (χ4n) is 3.38. The first-order valence-electron chi connectivity index (χ1n) is 9.84. The summed E-state index contributed by atoms with van der Waals surface area (Å²) in [7, 11) is -3.24. The maximum Gasteiger partial charge on any atom is 0.269 e. The van der Waals surface area contributed by atoms with Crippen LogP contribution in [0, 0.1) is 17.1 Å². The Hall–Kier alpha value is -4.04.